The molecule has 0 unspecified atom stereocenters. The fraction of sp³-hybridized carbons (Fsp3) is 0.0500. The van der Waals surface area contributed by atoms with E-state index in [2.05, 4.69) is 32.0 Å². The van der Waals surface area contributed by atoms with Crippen LogP contribution < -0.4 is 16.0 Å². The van der Waals surface area contributed by atoms with Crippen LogP contribution in [0.2, 0.25) is 0 Å². The van der Waals surface area contributed by atoms with E-state index in [0.29, 0.717) is 28.4 Å². The van der Waals surface area contributed by atoms with Gasteiger partial charge in [0.2, 0.25) is 5.91 Å². The number of hydrogen-bond donors (Lipinski definition) is 3. The van der Waals surface area contributed by atoms with E-state index in [1.54, 1.807) is 48.5 Å². The Labute approximate surface area is 161 Å². The molecule has 0 aliphatic heterocycles. The van der Waals surface area contributed by atoms with E-state index in [1.807, 2.05) is 0 Å². The number of carbonyl (C=O) groups is 2. The number of carbonyl (C=O) groups excluding carboxylic acids is 2. The van der Waals surface area contributed by atoms with E-state index in [1.165, 1.54) is 19.3 Å². The molecule has 0 saturated carbocycles. The minimum atomic E-state index is -0.431. The van der Waals surface area contributed by atoms with Crippen LogP contribution in [0, 0.1) is 11.3 Å². The van der Waals surface area contributed by atoms with Crippen molar-refractivity contribution >= 4 is 34.7 Å². The highest BCUT2D eigenvalue weighted by molar-refractivity contribution is 6.03. The number of amides is 2. The zero-order valence-electron chi connectivity index (χ0n) is 14.9. The third-order valence-corrected chi connectivity index (χ3v) is 3.65. The molecule has 0 saturated heterocycles. The summed E-state index contributed by atoms with van der Waals surface area (Å²) in [6.45, 7) is 1.41. The van der Waals surface area contributed by atoms with Gasteiger partial charge in [-0.3, -0.25) is 9.59 Å². The Morgan fingerprint density at radius 1 is 0.964 bits per heavy atom. The van der Waals surface area contributed by atoms with Crippen LogP contribution in [0.25, 0.3) is 0 Å². The lowest BCUT2D eigenvalue weighted by atomic mass is 10.2. The summed E-state index contributed by atoms with van der Waals surface area (Å²) in [5.74, 6) is -0.249. The zero-order chi connectivity index (χ0) is 19.9. The fourth-order valence-corrected chi connectivity index (χ4v) is 2.45. The van der Waals surface area contributed by atoms with Crippen molar-refractivity contribution in [2.45, 2.75) is 6.92 Å². The van der Waals surface area contributed by atoms with Crippen molar-refractivity contribution in [2.75, 3.05) is 16.0 Å². The van der Waals surface area contributed by atoms with Crippen molar-refractivity contribution in [3.63, 3.8) is 0 Å². The van der Waals surface area contributed by atoms with Gasteiger partial charge in [0, 0.05) is 24.4 Å². The minimum Gasteiger partial charge on any atom is -0.339 e. The van der Waals surface area contributed by atoms with Crippen molar-refractivity contribution in [1.82, 2.24) is 9.97 Å². The molecule has 0 aliphatic rings. The maximum atomic E-state index is 12.5. The zero-order valence-corrected chi connectivity index (χ0v) is 14.9. The average molecular weight is 372 g/mol. The smallest absolute Gasteiger partial charge is 0.274 e. The summed E-state index contributed by atoms with van der Waals surface area (Å²) < 4.78 is 0. The van der Waals surface area contributed by atoms with Gasteiger partial charge in [0.15, 0.2) is 0 Å². The highest BCUT2D eigenvalue weighted by atomic mass is 16.2. The number of benzene rings is 2. The van der Waals surface area contributed by atoms with Crippen LogP contribution in [0.1, 0.15) is 23.0 Å². The van der Waals surface area contributed by atoms with Crippen molar-refractivity contribution in [1.29, 1.82) is 5.26 Å². The van der Waals surface area contributed by atoms with Crippen LogP contribution in [0.3, 0.4) is 0 Å². The van der Waals surface area contributed by atoms with Crippen molar-refractivity contribution in [2.24, 2.45) is 0 Å². The SMILES string of the molecule is CC(=O)Nc1cccc(NC(=O)c2cc(Nc3ccccc3C#N)ncn2)c1. The molecule has 0 atom stereocenters. The van der Waals surface area contributed by atoms with Crippen LogP contribution in [0.4, 0.5) is 22.9 Å². The molecule has 0 radical (unpaired) electrons. The number of anilines is 4. The number of nitriles is 1. The van der Waals surface area contributed by atoms with Crippen LogP contribution >= 0.6 is 0 Å². The maximum absolute atomic E-state index is 12.5. The topological polar surface area (TPSA) is 120 Å². The number of para-hydroxylation sites is 1. The first-order chi connectivity index (χ1) is 13.5. The first kappa shape index (κ1) is 18.5. The summed E-state index contributed by atoms with van der Waals surface area (Å²) in [4.78, 5) is 31.7. The number of aromatic nitrogens is 2. The molecule has 3 rings (SSSR count). The van der Waals surface area contributed by atoms with Crippen LogP contribution in [0.15, 0.2) is 60.9 Å². The summed E-state index contributed by atoms with van der Waals surface area (Å²) in [7, 11) is 0. The summed E-state index contributed by atoms with van der Waals surface area (Å²) in [6.07, 6.45) is 1.26. The Balaban J connectivity index is 1.76. The minimum absolute atomic E-state index is 0.150. The van der Waals surface area contributed by atoms with Crippen LogP contribution in [0.5, 0.6) is 0 Å². The largest absolute Gasteiger partial charge is 0.339 e. The van der Waals surface area contributed by atoms with Gasteiger partial charge in [-0.1, -0.05) is 18.2 Å². The Hall–Kier alpha value is -4.25. The van der Waals surface area contributed by atoms with Crippen LogP contribution in [-0.2, 0) is 4.79 Å². The van der Waals surface area contributed by atoms with Gasteiger partial charge >= 0.3 is 0 Å². The lowest BCUT2D eigenvalue weighted by Crippen LogP contribution is -2.15. The van der Waals surface area contributed by atoms with Gasteiger partial charge in [-0.25, -0.2) is 9.97 Å². The average Bonchev–Trinajstić information content (AvgIpc) is 2.68. The Bertz CT molecular complexity index is 1070. The van der Waals surface area contributed by atoms with Gasteiger partial charge in [0.25, 0.3) is 5.91 Å². The van der Waals surface area contributed by atoms with E-state index in [-0.39, 0.29) is 11.6 Å². The molecule has 138 valence electrons. The van der Waals surface area contributed by atoms with Crippen molar-refractivity contribution < 1.29 is 9.59 Å². The van der Waals surface area contributed by atoms with E-state index < -0.39 is 5.91 Å². The Morgan fingerprint density at radius 2 is 1.71 bits per heavy atom. The molecule has 0 spiro atoms. The quantitative estimate of drug-likeness (QED) is 0.632. The van der Waals surface area contributed by atoms with Crippen molar-refractivity contribution in [3.8, 4) is 6.07 Å². The second-order valence-corrected chi connectivity index (χ2v) is 5.79. The monoisotopic (exact) mass is 372 g/mol. The van der Waals surface area contributed by atoms with E-state index in [9.17, 15) is 9.59 Å². The standard InChI is InChI=1S/C20H16N6O2/c1-13(27)24-15-6-4-7-16(9-15)25-20(28)18-10-19(23-12-22-18)26-17-8-3-2-5-14(17)11-21/h2-10,12H,1H3,(H,24,27)(H,25,28)(H,22,23,26). The molecule has 8 nitrogen and oxygen atoms in total. The van der Waals surface area contributed by atoms with Gasteiger partial charge in [-0.2, -0.15) is 5.26 Å². The number of nitrogens with one attached hydrogen (secondary N) is 3. The fourth-order valence-electron chi connectivity index (χ4n) is 2.45. The summed E-state index contributed by atoms with van der Waals surface area (Å²) in [5.41, 5.74) is 2.28. The molecule has 0 bridgehead atoms. The molecule has 8 heteroatoms. The first-order valence-corrected chi connectivity index (χ1v) is 8.32. The maximum Gasteiger partial charge on any atom is 0.274 e. The van der Waals surface area contributed by atoms with Gasteiger partial charge in [0.1, 0.15) is 23.9 Å². The Morgan fingerprint density at radius 3 is 2.46 bits per heavy atom. The predicted octanol–water partition coefficient (Wildman–Crippen LogP) is 3.30. The normalized spacial score (nSPS) is 9.86. The number of rotatable bonds is 5. The highest BCUT2D eigenvalue weighted by Gasteiger charge is 2.11. The highest BCUT2D eigenvalue weighted by Crippen LogP contribution is 2.20. The second-order valence-electron chi connectivity index (χ2n) is 5.79. The summed E-state index contributed by atoms with van der Waals surface area (Å²) >= 11 is 0. The Kier molecular flexibility index (Phi) is 5.58. The molecule has 3 aromatic rings. The molecular weight excluding hydrogens is 356 g/mol. The van der Waals surface area contributed by atoms with Gasteiger partial charge < -0.3 is 16.0 Å². The molecule has 1 heterocycles. The number of nitrogens with zero attached hydrogens (tertiary/aromatic N) is 3. The molecule has 1 aromatic heterocycles. The van der Waals surface area contributed by atoms with Gasteiger partial charge in [-0.15, -0.1) is 0 Å². The van der Waals surface area contributed by atoms with E-state index in [4.69, 9.17) is 5.26 Å². The van der Waals surface area contributed by atoms with E-state index >= 15 is 0 Å². The van der Waals surface area contributed by atoms with Crippen molar-refractivity contribution in [3.05, 3.63) is 72.2 Å². The molecule has 28 heavy (non-hydrogen) atoms. The third-order valence-electron chi connectivity index (χ3n) is 3.65. The summed E-state index contributed by atoms with van der Waals surface area (Å²) in [6, 6.07) is 17.3. The second kappa shape index (κ2) is 8.42. The van der Waals surface area contributed by atoms with Gasteiger partial charge in [-0.05, 0) is 30.3 Å². The van der Waals surface area contributed by atoms with Gasteiger partial charge in [0.05, 0.1) is 11.3 Å². The predicted molar refractivity (Wildman–Crippen MR) is 105 cm³/mol. The lowest BCUT2D eigenvalue weighted by Gasteiger charge is -2.09. The van der Waals surface area contributed by atoms with E-state index in [0.717, 1.165) is 0 Å². The third kappa shape index (κ3) is 4.68. The molecule has 0 fully saturated rings. The first-order valence-electron chi connectivity index (χ1n) is 8.32. The molecule has 2 amide bonds. The number of hydrogen-bond acceptors (Lipinski definition) is 6. The molecule has 0 aliphatic carbocycles. The summed E-state index contributed by atoms with van der Waals surface area (Å²) in [5, 5.41) is 17.6. The molecule has 2 aromatic carbocycles. The molecular formula is C20H16N6O2. The molecule has 3 N–H and O–H groups in total. The lowest BCUT2D eigenvalue weighted by molar-refractivity contribution is -0.114. The van der Waals surface area contributed by atoms with Crippen LogP contribution in [-0.4, -0.2) is 21.8 Å².